The van der Waals surface area contributed by atoms with Gasteiger partial charge in [-0.3, -0.25) is 9.69 Å². The van der Waals surface area contributed by atoms with Gasteiger partial charge in [-0.2, -0.15) is 0 Å². The van der Waals surface area contributed by atoms with E-state index < -0.39 is 0 Å². The minimum absolute atomic E-state index is 0.127. The molecule has 1 aliphatic heterocycles. The molecule has 174 valence electrons. The van der Waals surface area contributed by atoms with Crippen molar-refractivity contribution < 1.29 is 23.4 Å². The van der Waals surface area contributed by atoms with Crippen LogP contribution in [0.25, 0.3) is 11.0 Å². The Morgan fingerprint density at radius 2 is 1.71 bits per heavy atom. The van der Waals surface area contributed by atoms with Crippen LogP contribution in [0.4, 0.5) is 0 Å². The van der Waals surface area contributed by atoms with Gasteiger partial charge in [-0.25, -0.2) is 0 Å². The van der Waals surface area contributed by atoms with Crippen LogP contribution in [0.5, 0.6) is 28.7 Å². The van der Waals surface area contributed by atoms with Crippen molar-refractivity contribution in [2.45, 2.75) is 13.0 Å². The summed E-state index contributed by atoms with van der Waals surface area (Å²) < 4.78 is 28.3. The van der Waals surface area contributed by atoms with Crippen LogP contribution in [0.1, 0.15) is 11.1 Å². The third-order valence-electron chi connectivity index (χ3n) is 5.93. The van der Waals surface area contributed by atoms with E-state index in [0.29, 0.717) is 35.7 Å². The molecular weight excluding hydrogens is 434 g/mol. The molecule has 2 heterocycles. The summed E-state index contributed by atoms with van der Waals surface area (Å²) in [6.07, 6.45) is 2.18. The zero-order valence-electron chi connectivity index (χ0n) is 19.1. The van der Waals surface area contributed by atoms with E-state index in [2.05, 4.69) is 11.0 Å². The predicted octanol–water partition coefficient (Wildman–Crippen LogP) is 5.00. The molecule has 0 aliphatic carbocycles. The molecule has 0 radical (unpaired) electrons. The van der Waals surface area contributed by atoms with Gasteiger partial charge in [0.1, 0.15) is 41.6 Å². The summed E-state index contributed by atoms with van der Waals surface area (Å²) in [5, 5.41) is 0.458. The molecule has 0 spiro atoms. The van der Waals surface area contributed by atoms with Gasteiger partial charge in [-0.1, -0.05) is 18.2 Å². The molecule has 34 heavy (non-hydrogen) atoms. The number of ether oxygens (including phenoxy) is 4. The standard InChI is InChI=1S/C27H25NO6/c1-30-19-7-9-20(10-8-19)34-25-16-32-27-21(26(25)29)11-12-24-22(27)15-28(17-33-24)14-13-18-5-3-4-6-23(18)31-2/h3-12,16H,13-15,17H2,1-2H3. The molecule has 0 saturated carbocycles. The highest BCUT2D eigenvalue weighted by atomic mass is 16.5. The lowest BCUT2D eigenvalue weighted by Gasteiger charge is -2.29. The number of fused-ring (bicyclic) bond motifs is 3. The fourth-order valence-corrected chi connectivity index (χ4v) is 4.11. The molecule has 4 aromatic rings. The van der Waals surface area contributed by atoms with Crippen molar-refractivity contribution in [3.8, 4) is 28.7 Å². The zero-order chi connectivity index (χ0) is 23.5. The number of nitrogens with zero attached hydrogens (tertiary/aromatic N) is 1. The van der Waals surface area contributed by atoms with Crippen LogP contribution in [-0.4, -0.2) is 32.4 Å². The highest BCUT2D eigenvalue weighted by molar-refractivity contribution is 5.83. The average molecular weight is 459 g/mol. The number of rotatable bonds is 7. The normalized spacial score (nSPS) is 13.2. The maximum absolute atomic E-state index is 13.1. The van der Waals surface area contributed by atoms with Gasteiger partial charge in [0.15, 0.2) is 0 Å². The van der Waals surface area contributed by atoms with Crippen molar-refractivity contribution in [2.75, 3.05) is 27.5 Å². The summed E-state index contributed by atoms with van der Waals surface area (Å²) in [6.45, 7) is 1.86. The van der Waals surface area contributed by atoms with Crippen molar-refractivity contribution in [3.63, 3.8) is 0 Å². The highest BCUT2D eigenvalue weighted by Crippen LogP contribution is 2.33. The molecule has 1 aliphatic rings. The van der Waals surface area contributed by atoms with Gasteiger partial charge in [0, 0.05) is 13.1 Å². The van der Waals surface area contributed by atoms with Crippen LogP contribution >= 0.6 is 0 Å². The van der Waals surface area contributed by atoms with Crippen LogP contribution in [0.2, 0.25) is 0 Å². The Kier molecular flexibility index (Phi) is 6.10. The van der Waals surface area contributed by atoms with Gasteiger partial charge in [-0.05, 0) is 54.4 Å². The molecule has 0 N–H and O–H groups in total. The van der Waals surface area contributed by atoms with E-state index in [0.717, 1.165) is 35.6 Å². The maximum atomic E-state index is 13.1. The summed E-state index contributed by atoms with van der Waals surface area (Å²) in [5.74, 6) is 2.97. The van der Waals surface area contributed by atoms with Crippen LogP contribution in [0.3, 0.4) is 0 Å². The fraction of sp³-hybridized carbons (Fsp3) is 0.222. The molecule has 0 saturated heterocycles. The van der Waals surface area contributed by atoms with Gasteiger partial charge >= 0.3 is 0 Å². The molecular formula is C27H25NO6. The lowest BCUT2D eigenvalue weighted by molar-refractivity contribution is 0.0966. The van der Waals surface area contributed by atoms with Gasteiger partial charge in [-0.15, -0.1) is 0 Å². The second-order valence-corrected chi connectivity index (χ2v) is 8.01. The van der Waals surface area contributed by atoms with E-state index in [1.807, 2.05) is 24.3 Å². The Labute approximate surface area is 197 Å². The number of para-hydroxylation sites is 1. The second-order valence-electron chi connectivity index (χ2n) is 8.01. The molecule has 0 bridgehead atoms. The number of benzene rings is 3. The van der Waals surface area contributed by atoms with Crippen molar-refractivity contribution in [3.05, 3.63) is 88.3 Å². The van der Waals surface area contributed by atoms with E-state index in [-0.39, 0.29) is 11.2 Å². The highest BCUT2D eigenvalue weighted by Gasteiger charge is 2.23. The van der Waals surface area contributed by atoms with Crippen molar-refractivity contribution in [1.29, 1.82) is 0 Å². The molecule has 0 atom stereocenters. The molecule has 0 unspecified atom stereocenters. The first-order valence-electron chi connectivity index (χ1n) is 11.0. The molecule has 7 heteroatoms. The summed E-state index contributed by atoms with van der Waals surface area (Å²) >= 11 is 0. The molecule has 1 aromatic heterocycles. The van der Waals surface area contributed by atoms with E-state index in [1.54, 1.807) is 44.6 Å². The Morgan fingerprint density at radius 1 is 0.912 bits per heavy atom. The van der Waals surface area contributed by atoms with Crippen LogP contribution < -0.4 is 24.4 Å². The largest absolute Gasteiger partial charge is 0.497 e. The van der Waals surface area contributed by atoms with Gasteiger partial charge in [0.05, 0.1) is 25.2 Å². The fourth-order valence-electron chi connectivity index (χ4n) is 4.11. The SMILES string of the molecule is COc1ccc(Oc2coc3c4c(ccc3c2=O)OCN(CCc2ccccc2OC)C4)cc1. The van der Waals surface area contributed by atoms with Gasteiger partial charge < -0.3 is 23.4 Å². The Bertz CT molecular complexity index is 1360. The molecule has 0 fully saturated rings. The minimum Gasteiger partial charge on any atom is -0.497 e. The third-order valence-corrected chi connectivity index (χ3v) is 5.93. The quantitative estimate of drug-likeness (QED) is 0.385. The molecule has 3 aromatic carbocycles. The van der Waals surface area contributed by atoms with Crippen LogP contribution in [-0.2, 0) is 13.0 Å². The van der Waals surface area contributed by atoms with Crippen molar-refractivity contribution >= 4 is 11.0 Å². The molecule has 0 amide bonds. The van der Waals surface area contributed by atoms with Gasteiger partial charge in [0.25, 0.3) is 0 Å². The van der Waals surface area contributed by atoms with Crippen LogP contribution in [0, 0.1) is 0 Å². The first-order valence-corrected chi connectivity index (χ1v) is 11.0. The van der Waals surface area contributed by atoms with E-state index in [1.165, 1.54) is 6.26 Å². The monoisotopic (exact) mass is 459 g/mol. The summed E-state index contributed by atoms with van der Waals surface area (Å²) in [7, 11) is 3.28. The van der Waals surface area contributed by atoms with E-state index >= 15 is 0 Å². The zero-order valence-corrected chi connectivity index (χ0v) is 19.1. The number of methoxy groups -OCH3 is 2. The first-order chi connectivity index (χ1) is 16.7. The van der Waals surface area contributed by atoms with E-state index in [4.69, 9.17) is 23.4 Å². The Morgan fingerprint density at radius 3 is 2.50 bits per heavy atom. The van der Waals surface area contributed by atoms with E-state index in [9.17, 15) is 4.79 Å². The molecule has 7 nitrogen and oxygen atoms in total. The van der Waals surface area contributed by atoms with Crippen molar-refractivity contribution in [2.24, 2.45) is 0 Å². The average Bonchev–Trinajstić information content (AvgIpc) is 2.89. The lowest BCUT2D eigenvalue weighted by Crippen LogP contribution is -2.33. The predicted molar refractivity (Wildman–Crippen MR) is 128 cm³/mol. The first kappa shape index (κ1) is 21.9. The lowest BCUT2D eigenvalue weighted by atomic mass is 10.1. The van der Waals surface area contributed by atoms with Crippen molar-refractivity contribution in [1.82, 2.24) is 4.90 Å². The summed E-state index contributed by atoms with van der Waals surface area (Å²) in [6, 6.07) is 18.6. The third kappa shape index (κ3) is 4.30. The summed E-state index contributed by atoms with van der Waals surface area (Å²) in [5.41, 5.74) is 2.29. The second kappa shape index (κ2) is 9.49. The number of hydrogen-bond donors (Lipinski definition) is 0. The maximum Gasteiger partial charge on any atom is 0.235 e. The molecule has 5 rings (SSSR count). The summed E-state index contributed by atoms with van der Waals surface area (Å²) in [4.78, 5) is 15.3. The Hall–Kier alpha value is -3.97. The smallest absolute Gasteiger partial charge is 0.235 e. The van der Waals surface area contributed by atoms with Gasteiger partial charge in [0.2, 0.25) is 11.2 Å². The Balaban J connectivity index is 1.37. The minimum atomic E-state index is -0.231. The topological polar surface area (TPSA) is 70.4 Å². The number of hydrogen-bond acceptors (Lipinski definition) is 7. The van der Waals surface area contributed by atoms with Crippen LogP contribution in [0.15, 0.2) is 76.1 Å².